The molecule has 0 unspecified atom stereocenters. The molecular weight excluding hydrogens is 366 g/mol. The first-order chi connectivity index (χ1) is 12.8. The number of benzene rings is 2. The van der Waals surface area contributed by atoms with Crippen molar-refractivity contribution in [1.82, 2.24) is 0 Å². The summed E-state index contributed by atoms with van der Waals surface area (Å²) in [6.45, 7) is 0.108. The Hall–Kier alpha value is -2.67. The molecule has 0 saturated carbocycles. The quantitative estimate of drug-likeness (QED) is 0.561. The number of nitrogens with zero attached hydrogens (tertiary/aromatic N) is 1. The molecular formula is C20H21NO5S. The molecule has 0 fully saturated rings. The number of fused-ring (bicyclic) bond motifs is 1. The number of Topliss-reactive ketones (excluding diaryl/α,β-unsaturated/α-hetero) is 1. The Morgan fingerprint density at radius 2 is 1.85 bits per heavy atom. The molecule has 0 radical (unpaired) electrons. The number of hydrogen-bond donors (Lipinski definition) is 0. The van der Waals surface area contributed by atoms with Gasteiger partial charge in [0, 0.05) is 12.1 Å². The average molecular weight is 387 g/mol. The summed E-state index contributed by atoms with van der Waals surface area (Å²) in [4.78, 5) is 24.2. The normalized spacial score (nSPS) is 13.7. The Bertz CT molecular complexity index is 954. The lowest BCUT2D eigenvalue weighted by Gasteiger charge is -2.29. The summed E-state index contributed by atoms with van der Waals surface area (Å²) in [5, 5.41) is 0. The van der Waals surface area contributed by atoms with E-state index in [2.05, 4.69) is 0 Å². The summed E-state index contributed by atoms with van der Waals surface area (Å²) >= 11 is 0. The fourth-order valence-corrected chi connectivity index (χ4v) is 4.12. The number of carbonyl (C=O) groups excluding carboxylic acids is 2. The second-order valence-electron chi connectivity index (χ2n) is 6.53. The van der Waals surface area contributed by atoms with E-state index in [1.807, 2.05) is 30.3 Å². The van der Waals surface area contributed by atoms with E-state index in [1.54, 1.807) is 18.2 Å². The minimum Gasteiger partial charge on any atom is -0.457 e. The van der Waals surface area contributed by atoms with E-state index in [-0.39, 0.29) is 18.8 Å². The van der Waals surface area contributed by atoms with Crippen molar-refractivity contribution in [2.75, 3.05) is 23.7 Å². The van der Waals surface area contributed by atoms with Gasteiger partial charge in [0.05, 0.1) is 18.4 Å². The van der Waals surface area contributed by atoms with Crippen LogP contribution in [0.15, 0.2) is 48.5 Å². The summed E-state index contributed by atoms with van der Waals surface area (Å²) in [6.07, 6.45) is 2.69. The molecule has 1 aliphatic heterocycles. The third-order valence-corrected chi connectivity index (χ3v) is 5.61. The van der Waals surface area contributed by atoms with E-state index in [1.165, 1.54) is 10.6 Å². The molecule has 1 aliphatic rings. The van der Waals surface area contributed by atoms with Gasteiger partial charge in [0.25, 0.3) is 0 Å². The minimum absolute atomic E-state index is 0.113. The summed E-state index contributed by atoms with van der Waals surface area (Å²) in [7, 11) is -3.34. The van der Waals surface area contributed by atoms with Gasteiger partial charge in [-0.3, -0.25) is 13.9 Å². The number of sulfonamides is 1. The minimum atomic E-state index is -3.34. The van der Waals surface area contributed by atoms with Crippen LogP contribution in [0.25, 0.3) is 0 Å². The van der Waals surface area contributed by atoms with E-state index in [0.717, 1.165) is 11.1 Å². The largest absolute Gasteiger partial charge is 0.457 e. The second kappa shape index (κ2) is 7.92. The smallest absolute Gasteiger partial charge is 0.310 e. The number of anilines is 1. The molecule has 0 N–H and O–H groups in total. The van der Waals surface area contributed by atoms with Gasteiger partial charge in [0.1, 0.15) is 0 Å². The van der Waals surface area contributed by atoms with E-state index in [9.17, 15) is 18.0 Å². The number of hydrogen-bond acceptors (Lipinski definition) is 5. The first-order valence-corrected chi connectivity index (χ1v) is 10.5. The Kier molecular flexibility index (Phi) is 5.60. The van der Waals surface area contributed by atoms with Gasteiger partial charge in [-0.05, 0) is 42.2 Å². The molecule has 0 bridgehead atoms. The van der Waals surface area contributed by atoms with Crippen LogP contribution < -0.4 is 4.31 Å². The maximum absolute atomic E-state index is 12.4. The van der Waals surface area contributed by atoms with E-state index in [4.69, 9.17) is 4.74 Å². The summed E-state index contributed by atoms with van der Waals surface area (Å²) in [5.41, 5.74) is 2.66. The van der Waals surface area contributed by atoms with Crippen LogP contribution >= 0.6 is 0 Å². The van der Waals surface area contributed by atoms with Crippen molar-refractivity contribution in [3.05, 3.63) is 65.2 Å². The molecule has 3 rings (SSSR count). The number of ether oxygens (including phenoxy) is 1. The number of esters is 1. The molecule has 7 heteroatoms. The predicted octanol–water partition coefficient (Wildman–Crippen LogP) is 2.37. The highest BCUT2D eigenvalue weighted by atomic mass is 32.2. The first kappa shape index (κ1) is 19.1. The maximum atomic E-state index is 12.4. The molecule has 0 spiro atoms. The monoisotopic (exact) mass is 387 g/mol. The third kappa shape index (κ3) is 4.74. The van der Waals surface area contributed by atoms with Gasteiger partial charge in [-0.15, -0.1) is 0 Å². The van der Waals surface area contributed by atoms with Crippen LogP contribution in [0.1, 0.15) is 27.9 Å². The molecule has 0 amide bonds. The highest BCUT2D eigenvalue weighted by Gasteiger charge is 2.24. The highest BCUT2D eigenvalue weighted by Crippen LogP contribution is 2.30. The van der Waals surface area contributed by atoms with Gasteiger partial charge >= 0.3 is 5.97 Å². The SMILES string of the molecule is CS(=O)(=O)N1CCCc2cc(C(=O)COC(=O)Cc3ccccc3)ccc21. The Morgan fingerprint density at radius 1 is 1.11 bits per heavy atom. The van der Waals surface area contributed by atoms with Gasteiger partial charge in [-0.25, -0.2) is 8.42 Å². The lowest BCUT2D eigenvalue weighted by molar-refractivity contribution is -0.141. The van der Waals surface area contributed by atoms with Crippen molar-refractivity contribution in [1.29, 1.82) is 0 Å². The summed E-state index contributed by atoms with van der Waals surface area (Å²) in [5.74, 6) is -0.772. The molecule has 0 saturated heterocycles. The fraction of sp³-hybridized carbons (Fsp3) is 0.300. The number of carbonyl (C=O) groups is 2. The Morgan fingerprint density at radius 3 is 2.56 bits per heavy atom. The van der Waals surface area contributed by atoms with Crippen molar-refractivity contribution >= 4 is 27.5 Å². The topological polar surface area (TPSA) is 80.8 Å². The number of rotatable bonds is 6. The van der Waals surface area contributed by atoms with Gasteiger partial charge in [-0.1, -0.05) is 30.3 Å². The van der Waals surface area contributed by atoms with E-state index < -0.39 is 16.0 Å². The fourth-order valence-electron chi connectivity index (χ4n) is 3.12. The van der Waals surface area contributed by atoms with Crippen LogP contribution in [-0.2, 0) is 32.4 Å². The molecule has 0 aliphatic carbocycles. The Labute approximate surface area is 158 Å². The van der Waals surface area contributed by atoms with Crippen molar-refractivity contribution in [3.8, 4) is 0 Å². The van der Waals surface area contributed by atoms with Gasteiger partial charge in [0.15, 0.2) is 12.4 Å². The molecule has 0 aromatic heterocycles. The van der Waals surface area contributed by atoms with E-state index in [0.29, 0.717) is 30.6 Å². The van der Waals surface area contributed by atoms with Crippen LogP contribution in [0.4, 0.5) is 5.69 Å². The van der Waals surface area contributed by atoms with E-state index >= 15 is 0 Å². The summed E-state index contributed by atoms with van der Waals surface area (Å²) in [6, 6.07) is 14.1. The second-order valence-corrected chi connectivity index (χ2v) is 8.44. The standard InChI is InChI=1S/C20H21NO5S/c1-27(24,25)21-11-5-8-16-13-17(9-10-18(16)21)19(22)14-26-20(23)12-15-6-3-2-4-7-15/h2-4,6-7,9-10,13H,5,8,11-12,14H2,1H3. The lowest BCUT2D eigenvalue weighted by atomic mass is 9.99. The van der Waals surface area contributed by atoms with Gasteiger partial charge in [-0.2, -0.15) is 0 Å². The molecule has 1 heterocycles. The zero-order chi connectivity index (χ0) is 19.4. The van der Waals surface area contributed by atoms with Crippen molar-refractivity contribution in [2.45, 2.75) is 19.3 Å². The lowest BCUT2D eigenvalue weighted by Crippen LogP contribution is -2.34. The molecule has 2 aromatic rings. The average Bonchev–Trinajstić information content (AvgIpc) is 2.65. The summed E-state index contributed by atoms with van der Waals surface area (Å²) < 4.78 is 30.2. The van der Waals surface area contributed by atoms with Gasteiger partial charge < -0.3 is 4.74 Å². The van der Waals surface area contributed by atoms with Crippen LogP contribution in [0.2, 0.25) is 0 Å². The highest BCUT2D eigenvalue weighted by molar-refractivity contribution is 7.92. The van der Waals surface area contributed by atoms with Crippen LogP contribution in [0, 0.1) is 0 Å². The maximum Gasteiger partial charge on any atom is 0.310 e. The molecule has 6 nitrogen and oxygen atoms in total. The number of aryl methyl sites for hydroxylation is 1. The van der Waals surface area contributed by atoms with Crippen molar-refractivity contribution in [3.63, 3.8) is 0 Å². The van der Waals surface area contributed by atoms with Crippen molar-refractivity contribution in [2.24, 2.45) is 0 Å². The van der Waals surface area contributed by atoms with Crippen LogP contribution in [0.5, 0.6) is 0 Å². The number of ketones is 1. The third-order valence-electron chi connectivity index (χ3n) is 4.43. The van der Waals surface area contributed by atoms with Crippen LogP contribution in [0.3, 0.4) is 0 Å². The molecule has 0 atom stereocenters. The molecule has 2 aromatic carbocycles. The van der Waals surface area contributed by atoms with Crippen molar-refractivity contribution < 1.29 is 22.7 Å². The first-order valence-electron chi connectivity index (χ1n) is 8.68. The Balaban J connectivity index is 1.65. The zero-order valence-corrected chi connectivity index (χ0v) is 15.9. The molecule has 27 heavy (non-hydrogen) atoms. The zero-order valence-electron chi connectivity index (χ0n) is 15.1. The molecule has 142 valence electrons. The predicted molar refractivity (Wildman–Crippen MR) is 102 cm³/mol. The van der Waals surface area contributed by atoms with Gasteiger partial charge in [0.2, 0.25) is 10.0 Å². The van der Waals surface area contributed by atoms with Crippen LogP contribution in [-0.4, -0.2) is 39.6 Å².